The maximum absolute atomic E-state index is 18.4. The Bertz CT molecular complexity index is 5370. The van der Waals surface area contributed by atoms with E-state index in [0.717, 1.165) is 105 Å². The first-order valence-corrected chi connectivity index (χ1v) is 32.4. The molecular formula is C87H64F2O2. The lowest BCUT2D eigenvalue weighted by Gasteiger charge is -2.27. The van der Waals surface area contributed by atoms with Crippen molar-refractivity contribution in [2.75, 3.05) is 0 Å². The van der Waals surface area contributed by atoms with Gasteiger partial charge in [-0.15, -0.1) is 0 Å². The van der Waals surface area contributed by atoms with Crippen molar-refractivity contribution in [1.29, 1.82) is 0 Å². The summed E-state index contributed by atoms with van der Waals surface area (Å²) in [7, 11) is 0. The average Bonchev–Trinajstić information content (AvgIpc) is 1.44. The lowest BCUT2D eigenvalue weighted by molar-refractivity contribution is 0.444. The van der Waals surface area contributed by atoms with Crippen LogP contribution in [0.25, 0.3) is 121 Å². The lowest BCUT2D eigenvalue weighted by atomic mass is 9.77. The van der Waals surface area contributed by atoms with E-state index >= 15 is 8.78 Å². The van der Waals surface area contributed by atoms with Crippen LogP contribution in [-0.2, 0) is 12.8 Å². The van der Waals surface area contributed by atoms with Gasteiger partial charge >= 0.3 is 0 Å². The zero-order valence-corrected chi connectivity index (χ0v) is 50.4. The molecule has 0 amide bonds. The van der Waals surface area contributed by atoms with E-state index in [1.165, 1.54) is 75.5 Å². The highest BCUT2D eigenvalue weighted by Gasteiger charge is 2.31. The monoisotopic (exact) mass is 1180 g/mol. The number of hydrogen-bond acceptors (Lipinski definition) is 2. The lowest BCUT2D eigenvalue weighted by Crippen LogP contribution is -2.11. The van der Waals surface area contributed by atoms with E-state index in [2.05, 4.69) is 164 Å². The van der Waals surface area contributed by atoms with E-state index in [-0.39, 0.29) is 11.6 Å². The van der Waals surface area contributed by atoms with Crippen LogP contribution in [0.4, 0.5) is 8.78 Å². The van der Waals surface area contributed by atoms with E-state index in [0.29, 0.717) is 36.3 Å². The Morgan fingerprint density at radius 2 is 0.868 bits per heavy atom. The molecule has 14 aromatic carbocycles. The van der Waals surface area contributed by atoms with Crippen molar-refractivity contribution in [2.24, 2.45) is 0 Å². The maximum atomic E-state index is 18.4. The zero-order chi connectivity index (χ0) is 60.5. The fourth-order valence-corrected chi connectivity index (χ4v) is 15.8. The number of benzene rings is 14. The summed E-state index contributed by atoms with van der Waals surface area (Å²) in [6, 6.07) is 94.8. The fraction of sp³-hybridized carbons (Fsp3) is 0.126. The number of rotatable bonds is 14. The van der Waals surface area contributed by atoms with Gasteiger partial charge in [0, 0.05) is 55.6 Å². The van der Waals surface area contributed by atoms with Crippen LogP contribution in [0, 0.1) is 11.6 Å². The summed E-state index contributed by atoms with van der Waals surface area (Å²) in [4.78, 5) is 0. The highest BCUT2D eigenvalue weighted by molar-refractivity contribution is 6.24. The number of aryl methyl sites for hydroxylation is 1. The highest BCUT2D eigenvalue weighted by Crippen LogP contribution is 2.49. The van der Waals surface area contributed by atoms with Gasteiger partial charge in [0.25, 0.3) is 0 Å². The third-order valence-corrected chi connectivity index (χ3v) is 20.1. The number of furan rings is 2. The van der Waals surface area contributed by atoms with Gasteiger partial charge in [0.2, 0.25) is 0 Å². The molecule has 2 atom stereocenters. The smallest absolute Gasteiger partial charge is 0.139 e. The summed E-state index contributed by atoms with van der Waals surface area (Å²) < 4.78 is 50.1. The van der Waals surface area contributed by atoms with E-state index in [9.17, 15) is 0 Å². The van der Waals surface area contributed by atoms with Gasteiger partial charge in [0.1, 0.15) is 34.0 Å². The van der Waals surface area contributed by atoms with Crippen molar-refractivity contribution >= 4 is 76.2 Å². The number of fused-ring (bicyclic) bond motifs is 6. The Kier molecular flexibility index (Phi) is 13.7. The molecule has 438 valence electrons. The zero-order valence-electron chi connectivity index (χ0n) is 50.4. The summed E-state index contributed by atoms with van der Waals surface area (Å²) in [5.41, 5.74) is 17.3. The van der Waals surface area contributed by atoms with Crippen LogP contribution in [0.3, 0.4) is 0 Å². The van der Waals surface area contributed by atoms with Crippen LogP contribution in [0.1, 0.15) is 95.2 Å². The molecule has 2 heterocycles. The molecule has 2 nitrogen and oxygen atoms in total. The Balaban J connectivity index is 0.905. The molecule has 91 heavy (non-hydrogen) atoms. The van der Waals surface area contributed by atoms with Crippen LogP contribution in [0.15, 0.2) is 282 Å². The minimum absolute atomic E-state index is 0.259. The summed E-state index contributed by atoms with van der Waals surface area (Å²) in [5.74, 6) is -0.857. The predicted molar refractivity (Wildman–Crippen MR) is 374 cm³/mol. The summed E-state index contributed by atoms with van der Waals surface area (Å²) in [6.07, 6.45) is 7.91. The Hall–Kier alpha value is -10.4. The second-order valence-electron chi connectivity index (χ2n) is 25.3. The van der Waals surface area contributed by atoms with Crippen LogP contribution >= 0.6 is 0 Å². The maximum Gasteiger partial charge on any atom is 0.139 e. The van der Waals surface area contributed by atoms with Crippen molar-refractivity contribution in [3.05, 3.63) is 324 Å². The molecule has 1 aliphatic rings. The summed E-state index contributed by atoms with van der Waals surface area (Å²) in [5, 5.41) is 11.4. The van der Waals surface area contributed by atoms with E-state index in [4.69, 9.17) is 8.83 Å². The van der Waals surface area contributed by atoms with Crippen LogP contribution < -0.4 is 0 Å². The molecular weight excluding hydrogens is 1110 g/mol. The molecule has 4 heteroatoms. The number of para-hydroxylation sites is 4. The Morgan fingerprint density at radius 1 is 0.352 bits per heavy atom. The Morgan fingerprint density at radius 3 is 1.47 bits per heavy atom. The molecule has 0 radical (unpaired) electrons. The molecule has 0 bridgehead atoms. The van der Waals surface area contributed by atoms with Crippen LogP contribution in [0.2, 0.25) is 0 Å². The van der Waals surface area contributed by atoms with Gasteiger partial charge in [-0.1, -0.05) is 256 Å². The predicted octanol–water partition coefficient (Wildman–Crippen LogP) is 24.5. The molecule has 0 spiro atoms. The van der Waals surface area contributed by atoms with Gasteiger partial charge in [-0.05, 0) is 168 Å². The van der Waals surface area contributed by atoms with Gasteiger partial charge in [-0.3, -0.25) is 0 Å². The van der Waals surface area contributed by atoms with Gasteiger partial charge in [0.05, 0.1) is 0 Å². The first-order chi connectivity index (χ1) is 45.0. The first kappa shape index (κ1) is 54.7. The van der Waals surface area contributed by atoms with E-state index in [1.807, 2.05) is 103 Å². The average molecular weight is 1180 g/mol. The SMILES string of the molecule is Fc1cc(C(Cc2cc(CCC(c3c(F)cc(-c4ccccc4)cc3-c3ccccc3)c3cccc4c3oc3ccccc34)c3ccc4cc(C5CCCCC5)cc5ccc2c3c45)c2cccc3c2oc2ccccc23)c(-c2ccccc2)cc1-c1ccccc1. The van der Waals surface area contributed by atoms with Gasteiger partial charge < -0.3 is 8.83 Å². The molecule has 0 N–H and O–H groups in total. The van der Waals surface area contributed by atoms with Crippen molar-refractivity contribution in [1.82, 2.24) is 0 Å². The molecule has 1 saturated carbocycles. The molecule has 2 aromatic heterocycles. The molecule has 0 saturated heterocycles. The van der Waals surface area contributed by atoms with Crippen molar-refractivity contribution in [3.8, 4) is 44.5 Å². The first-order valence-electron chi connectivity index (χ1n) is 32.4. The Labute approximate surface area is 528 Å². The van der Waals surface area contributed by atoms with Gasteiger partial charge in [-0.25, -0.2) is 8.78 Å². The van der Waals surface area contributed by atoms with E-state index < -0.39 is 11.8 Å². The molecule has 17 rings (SSSR count). The van der Waals surface area contributed by atoms with E-state index in [1.54, 1.807) is 6.07 Å². The normalized spacial score (nSPS) is 13.8. The minimum Gasteiger partial charge on any atom is -0.456 e. The van der Waals surface area contributed by atoms with Crippen molar-refractivity contribution in [2.45, 2.75) is 69.1 Å². The molecule has 1 aliphatic carbocycles. The summed E-state index contributed by atoms with van der Waals surface area (Å²) in [6.45, 7) is 0. The largest absolute Gasteiger partial charge is 0.456 e. The van der Waals surface area contributed by atoms with Crippen LogP contribution in [-0.4, -0.2) is 0 Å². The number of hydrogen-bond donors (Lipinski definition) is 0. The van der Waals surface area contributed by atoms with Crippen molar-refractivity contribution in [3.63, 3.8) is 0 Å². The van der Waals surface area contributed by atoms with Crippen molar-refractivity contribution < 1.29 is 17.6 Å². The molecule has 2 unspecified atom stereocenters. The van der Waals surface area contributed by atoms with Gasteiger partial charge in [0.15, 0.2) is 0 Å². The third-order valence-electron chi connectivity index (χ3n) is 20.1. The molecule has 0 aliphatic heterocycles. The third kappa shape index (κ3) is 9.67. The number of halogens is 2. The minimum atomic E-state index is -0.456. The quantitative estimate of drug-likeness (QED) is 0.101. The second-order valence-corrected chi connectivity index (χ2v) is 25.3. The van der Waals surface area contributed by atoms with Crippen LogP contribution in [0.5, 0.6) is 0 Å². The topological polar surface area (TPSA) is 26.3 Å². The highest BCUT2D eigenvalue weighted by atomic mass is 19.1. The van der Waals surface area contributed by atoms with Gasteiger partial charge in [-0.2, -0.15) is 0 Å². The molecule has 1 fully saturated rings. The standard InChI is InChI=1S/C87H64F2O2/c88-79-53-78(74(56-26-10-3-11-27-56)52-75(79)57-28-12-4-13-29-57)77(73-37-21-35-71-68-33-17-19-39-82(68)91-87(71)73)50-64-46-59(65-43-41-60-47-62(54-22-6-1-7-23-54)48-61-42-44-66(64)85(65)83(60)61)40-45-69(72-36-20-34-70-67-32-16-18-38-81(67)90-86(70)72)84-76(58-30-14-5-15-31-58)49-63(51-80(84)89)55-24-8-2-9-25-55/h2-5,8-21,24-39,41-44,46-49,51-54,69,77H,1,6-7,22-23,40,45,50H2. The summed E-state index contributed by atoms with van der Waals surface area (Å²) >= 11 is 0. The second kappa shape index (κ2) is 22.9. The fourth-order valence-electron chi connectivity index (χ4n) is 15.8. The molecule has 16 aromatic rings.